The number of rotatable bonds is 8. The molecule has 1 rings (SSSR count). The molecule has 108 valence electrons. The van der Waals surface area contributed by atoms with E-state index < -0.39 is 0 Å². The molecule has 1 saturated heterocycles. The number of likely N-dealkylation sites (N-methyl/N-ethyl adjacent to an activating group) is 2. The van der Waals surface area contributed by atoms with Crippen molar-refractivity contribution in [1.29, 1.82) is 0 Å². The van der Waals surface area contributed by atoms with Gasteiger partial charge in [-0.05, 0) is 58.9 Å². The molecule has 3 atom stereocenters. The summed E-state index contributed by atoms with van der Waals surface area (Å²) in [6, 6.07) is 1.44. The first kappa shape index (κ1) is 15.9. The Morgan fingerprint density at radius 3 is 2.67 bits per heavy atom. The zero-order chi connectivity index (χ0) is 13.5. The van der Waals surface area contributed by atoms with Gasteiger partial charge in [-0.3, -0.25) is 4.90 Å². The Morgan fingerprint density at radius 1 is 1.33 bits per heavy atom. The van der Waals surface area contributed by atoms with E-state index in [4.69, 9.17) is 0 Å². The maximum Gasteiger partial charge on any atom is 0.0223 e. The van der Waals surface area contributed by atoms with Crippen molar-refractivity contribution in [3.8, 4) is 0 Å². The molecule has 0 aliphatic carbocycles. The molecule has 3 nitrogen and oxygen atoms in total. The zero-order valence-electron chi connectivity index (χ0n) is 13.1. The summed E-state index contributed by atoms with van der Waals surface area (Å²) in [5.41, 5.74) is 0. The summed E-state index contributed by atoms with van der Waals surface area (Å²) in [7, 11) is 2.29. The van der Waals surface area contributed by atoms with Crippen LogP contribution in [0.2, 0.25) is 0 Å². The third-order valence-corrected chi connectivity index (χ3v) is 4.64. The second kappa shape index (κ2) is 8.13. The summed E-state index contributed by atoms with van der Waals surface area (Å²) in [4.78, 5) is 5.19. The van der Waals surface area contributed by atoms with E-state index in [-0.39, 0.29) is 0 Å². The van der Waals surface area contributed by atoms with Crippen molar-refractivity contribution in [2.75, 3.05) is 39.8 Å². The van der Waals surface area contributed by atoms with Crippen molar-refractivity contribution in [2.24, 2.45) is 5.92 Å². The maximum atomic E-state index is 3.46. The Kier molecular flexibility index (Phi) is 7.20. The Bertz CT molecular complexity index is 220. The standard InChI is InChI=1S/C15H33N3/c1-6-16-11-13(3)14(4)17(5)12-15-9-8-10-18(15)7-2/h13-16H,6-12H2,1-5H3. The van der Waals surface area contributed by atoms with E-state index in [1.807, 2.05) is 0 Å². The zero-order valence-corrected chi connectivity index (χ0v) is 13.1. The fourth-order valence-electron chi connectivity index (χ4n) is 2.99. The molecule has 0 aromatic heterocycles. The van der Waals surface area contributed by atoms with Gasteiger partial charge < -0.3 is 10.2 Å². The lowest BCUT2D eigenvalue weighted by atomic mass is 10.0. The van der Waals surface area contributed by atoms with Crippen LogP contribution in [0, 0.1) is 5.92 Å². The third-order valence-electron chi connectivity index (χ3n) is 4.64. The number of nitrogens with one attached hydrogen (secondary N) is 1. The molecule has 1 heterocycles. The van der Waals surface area contributed by atoms with Gasteiger partial charge in [0, 0.05) is 18.6 Å². The molecule has 3 heteroatoms. The highest BCUT2D eigenvalue weighted by Crippen LogP contribution is 2.19. The molecule has 0 spiro atoms. The smallest absolute Gasteiger partial charge is 0.0223 e. The Hall–Kier alpha value is -0.120. The minimum absolute atomic E-state index is 0.656. The van der Waals surface area contributed by atoms with Gasteiger partial charge in [-0.25, -0.2) is 0 Å². The summed E-state index contributed by atoms with van der Waals surface area (Å²) in [6.45, 7) is 15.1. The normalized spacial score (nSPS) is 24.7. The largest absolute Gasteiger partial charge is 0.317 e. The van der Waals surface area contributed by atoms with Crippen LogP contribution in [0.25, 0.3) is 0 Å². The number of hydrogen-bond acceptors (Lipinski definition) is 3. The van der Waals surface area contributed by atoms with Crippen LogP contribution in [0.1, 0.15) is 40.5 Å². The molecular formula is C15H33N3. The highest BCUT2D eigenvalue weighted by molar-refractivity contribution is 4.83. The van der Waals surface area contributed by atoms with E-state index >= 15 is 0 Å². The van der Waals surface area contributed by atoms with Crippen LogP contribution in [-0.2, 0) is 0 Å². The summed E-state index contributed by atoms with van der Waals surface area (Å²) in [6.07, 6.45) is 2.76. The minimum atomic E-state index is 0.656. The number of likely N-dealkylation sites (tertiary alicyclic amines) is 1. The average Bonchev–Trinajstić information content (AvgIpc) is 2.81. The minimum Gasteiger partial charge on any atom is -0.317 e. The van der Waals surface area contributed by atoms with Gasteiger partial charge in [0.15, 0.2) is 0 Å². The predicted molar refractivity (Wildman–Crippen MR) is 80.1 cm³/mol. The molecule has 0 amide bonds. The molecule has 0 aromatic rings. The molecule has 0 radical (unpaired) electrons. The van der Waals surface area contributed by atoms with E-state index in [0.29, 0.717) is 12.0 Å². The van der Waals surface area contributed by atoms with Crippen LogP contribution in [0.3, 0.4) is 0 Å². The van der Waals surface area contributed by atoms with Crippen LogP contribution >= 0.6 is 0 Å². The van der Waals surface area contributed by atoms with Crippen molar-refractivity contribution < 1.29 is 0 Å². The van der Waals surface area contributed by atoms with Gasteiger partial charge in [0.05, 0.1) is 0 Å². The number of hydrogen-bond donors (Lipinski definition) is 1. The van der Waals surface area contributed by atoms with Gasteiger partial charge in [-0.1, -0.05) is 20.8 Å². The first-order valence-corrected chi connectivity index (χ1v) is 7.75. The summed E-state index contributed by atoms with van der Waals surface area (Å²) >= 11 is 0. The van der Waals surface area contributed by atoms with Crippen molar-refractivity contribution in [3.63, 3.8) is 0 Å². The van der Waals surface area contributed by atoms with Crippen molar-refractivity contribution in [3.05, 3.63) is 0 Å². The van der Waals surface area contributed by atoms with Gasteiger partial charge in [-0.2, -0.15) is 0 Å². The summed E-state index contributed by atoms with van der Waals surface area (Å²) in [5.74, 6) is 0.714. The average molecular weight is 255 g/mol. The highest BCUT2D eigenvalue weighted by Gasteiger charge is 2.26. The van der Waals surface area contributed by atoms with E-state index in [0.717, 1.165) is 19.1 Å². The second-order valence-electron chi connectivity index (χ2n) is 5.89. The molecule has 0 bridgehead atoms. The van der Waals surface area contributed by atoms with Crippen LogP contribution in [0.15, 0.2) is 0 Å². The topological polar surface area (TPSA) is 18.5 Å². The van der Waals surface area contributed by atoms with E-state index in [1.165, 1.54) is 32.5 Å². The lowest BCUT2D eigenvalue weighted by Crippen LogP contribution is -2.45. The number of nitrogens with zero attached hydrogens (tertiary/aromatic N) is 2. The van der Waals surface area contributed by atoms with Crippen LogP contribution in [-0.4, -0.2) is 61.7 Å². The Balaban J connectivity index is 2.36. The quantitative estimate of drug-likeness (QED) is 0.716. The fraction of sp³-hybridized carbons (Fsp3) is 1.00. The first-order chi connectivity index (χ1) is 8.60. The molecule has 3 unspecified atom stereocenters. The highest BCUT2D eigenvalue weighted by atomic mass is 15.2. The van der Waals surface area contributed by atoms with E-state index in [1.54, 1.807) is 0 Å². The predicted octanol–water partition coefficient (Wildman–Crippen LogP) is 2.04. The van der Waals surface area contributed by atoms with Gasteiger partial charge >= 0.3 is 0 Å². The van der Waals surface area contributed by atoms with Crippen LogP contribution in [0.5, 0.6) is 0 Å². The van der Waals surface area contributed by atoms with Gasteiger partial charge in [0.25, 0.3) is 0 Å². The molecular weight excluding hydrogens is 222 g/mol. The van der Waals surface area contributed by atoms with E-state index in [9.17, 15) is 0 Å². The first-order valence-electron chi connectivity index (χ1n) is 7.75. The maximum absolute atomic E-state index is 3.46. The SMILES string of the molecule is CCNCC(C)C(C)N(C)CC1CCCN1CC. The van der Waals surface area contributed by atoms with E-state index in [2.05, 4.69) is 49.9 Å². The Morgan fingerprint density at radius 2 is 2.06 bits per heavy atom. The van der Waals surface area contributed by atoms with Crippen LogP contribution in [0.4, 0.5) is 0 Å². The molecule has 0 aromatic carbocycles. The van der Waals surface area contributed by atoms with Gasteiger partial charge in [0.2, 0.25) is 0 Å². The molecule has 1 fully saturated rings. The third kappa shape index (κ3) is 4.52. The van der Waals surface area contributed by atoms with Crippen LogP contribution < -0.4 is 5.32 Å². The molecule has 18 heavy (non-hydrogen) atoms. The second-order valence-corrected chi connectivity index (χ2v) is 5.89. The molecule has 1 N–H and O–H groups in total. The lowest BCUT2D eigenvalue weighted by Gasteiger charge is -2.34. The molecule has 0 saturated carbocycles. The van der Waals surface area contributed by atoms with Crippen molar-refractivity contribution in [2.45, 2.75) is 52.6 Å². The van der Waals surface area contributed by atoms with Crippen molar-refractivity contribution >= 4 is 0 Å². The fourth-order valence-corrected chi connectivity index (χ4v) is 2.99. The summed E-state index contributed by atoms with van der Waals surface area (Å²) in [5, 5.41) is 3.46. The molecule has 1 aliphatic heterocycles. The van der Waals surface area contributed by atoms with Crippen molar-refractivity contribution in [1.82, 2.24) is 15.1 Å². The lowest BCUT2D eigenvalue weighted by molar-refractivity contribution is 0.141. The molecule has 1 aliphatic rings. The van der Waals surface area contributed by atoms with Gasteiger partial charge in [-0.15, -0.1) is 0 Å². The Labute approximate surface area is 114 Å². The summed E-state index contributed by atoms with van der Waals surface area (Å²) < 4.78 is 0. The van der Waals surface area contributed by atoms with Gasteiger partial charge in [0.1, 0.15) is 0 Å². The monoisotopic (exact) mass is 255 g/mol.